The Labute approximate surface area is 40.6 Å². The predicted molar refractivity (Wildman–Crippen MR) is 29.5 cm³/mol. The van der Waals surface area contributed by atoms with E-state index in [1.165, 1.54) is 18.8 Å². The third kappa shape index (κ3) is 3.87. The maximum absolute atomic E-state index is 2.20. The molecule has 36 valence electrons. The first-order valence-electron chi connectivity index (χ1n) is 2.56. The zero-order chi connectivity index (χ0) is 4.99. The molecule has 0 amide bonds. The van der Waals surface area contributed by atoms with E-state index in [9.17, 15) is 0 Å². The molecule has 0 aromatic carbocycles. The Morgan fingerprint density at radius 3 is 1.83 bits per heavy atom. The van der Waals surface area contributed by atoms with Crippen LogP contribution < -0.4 is 0 Å². The van der Waals surface area contributed by atoms with Crippen LogP contribution in [0.15, 0.2) is 0 Å². The molecule has 0 aliphatic carbocycles. The second-order valence-corrected chi connectivity index (χ2v) is 1.96. The van der Waals surface area contributed by atoms with Crippen LogP contribution in [0.2, 0.25) is 0 Å². The molecule has 0 aromatic rings. The molecule has 0 bridgehead atoms. The van der Waals surface area contributed by atoms with Gasteiger partial charge in [0.2, 0.25) is 0 Å². The normalized spacial score (nSPS) is 8.50. The largest absolute Gasteiger partial charge is 0.0891 e. The highest BCUT2D eigenvalue weighted by atomic mass is 13.9. The van der Waals surface area contributed by atoms with Gasteiger partial charge in [0, 0.05) is 0 Å². The summed E-state index contributed by atoms with van der Waals surface area (Å²) < 4.78 is 0. The van der Waals surface area contributed by atoms with Crippen LogP contribution in [0.4, 0.5) is 0 Å². The van der Waals surface area contributed by atoms with Crippen LogP contribution in [0.3, 0.4) is 0 Å². The molecule has 0 nitrogen and oxygen atoms in total. The second-order valence-electron chi connectivity index (χ2n) is 1.96. The Hall–Kier alpha value is -0.130. The summed E-state index contributed by atoms with van der Waals surface area (Å²) in [6.45, 7) is 6.54. The van der Waals surface area contributed by atoms with E-state index in [0.29, 0.717) is 0 Å². The molecule has 0 aliphatic rings. The first kappa shape index (κ1) is 5.87. The van der Waals surface area contributed by atoms with Crippen molar-refractivity contribution in [1.29, 1.82) is 0 Å². The van der Waals surface area contributed by atoms with Crippen molar-refractivity contribution >= 4 is 0 Å². The van der Waals surface area contributed by atoms with E-state index in [1.807, 2.05) is 0 Å². The highest BCUT2D eigenvalue weighted by Gasteiger charge is 1.97. The maximum Gasteiger partial charge on any atom is 0.0891 e. The Bertz CT molecular complexity index is 21.2. The topological polar surface area (TPSA) is 0 Å². The SMILES string of the molecule is CCC[C+](C)C. The van der Waals surface area contributed by atoms with Gasteiger partial charge in [0.05, 0.1) is 26.2 Å². The van der Waals surface area contributed by atoms with Crippen LogP contribution in [-0.4, -0.2) is 0 Å². The van der Waals surface area contributed by atoms with E-state index >= 15 is 0 Å². The molecule has 0 N–H and O–H groups in total. The standard InChI is InChI=1S/C6H13/c1-4-5-6(2)3/h4-5H2,1-3H3/q+1. The minimum Gasteiger partial charge on any atom is -0.0613 e. The van der Waals surface area contributed by atoms with Gasteiger partial charge in [-0.15, -0.1) is 0 Å². The van der Waals surface area contributed by atoms with Crippen molar-refractivity contribution in [2.45, 2.75) is 33.6 Å². The summed E-state index contributed by atoms with van der Waals surface area (Å²) in [6, 6.07) is 0. The average Bonchev–Trinajstić information content (AvgIpc) is 1.35. The first-order valence-corrected chi connectivity index (χ1v) is 2.56. The quantitative estimate of drug-likeness (QED) is 0.452. The minimum absolute atomic E-state index is 1.29. The molecule has 0 heterocycles. The average molecular weight is 85.2 g/mol. The van der Waals surface area contributed by atoms with Crippen molar-refractivity contribution in [3.8, 4) is 0 Å². The molecule has 0 aliphatic heterocycles. The van der Waals surface area contributed by atoms with Gasteiger partial charge >= 0.3 is 0 Å². The summed E-state index contributed by atoms with van der Waals surface area (Å²) in [5.41, 5.74) is 0. The lowest BCUT2D eigenvalue weighted by Crippen LogP contribution is -1.78. The van der Waals surface area contributed by atoms with Gasteiger partial charge in [-0.1, -0.05) is 6.92 Å². The van der Waals surface area contributed by atoms with E-state index in [4.69, 9.17) is 0 Å². The van der Waals surface area contributed by atoms with E-state index in [1.54, 1.807) is 0 Å². The molecule has 0 heteroatoms. The van der Waals surface area contributed by atoms with Crippen molar-refractivity contribution in [2.24, 2.45) is 0 Å². The van der Waals surface area contributed by atoms with Gasteiger partial charge in [0.15, 0.2) is 0 Å². The lowest BCUT2D eigenvalue weighted by molar-refractivity contribution is 0.807. The van der Waals surface area contributed by atoms with E-state index in [2.05, 4.69) is 20.8 Å². The van der Waals surface area contributed by atoms with Gasteiger partial charge in [0.25, 0.3) is 0 Å². The predicted octanol–water partition coefficient (Wildman–Crippen LogP) is 2.40. The molecule has 0 atom stereocenters. The Morgan fingerprint density at radius 2 is 1.83 bits per heavy atom. The highest BCUT2D eigenvalue weighted by Crippen LogP contribution is 2.03. The molecule has 0 radical (unpaired) electrons. The molecule has 0 saturated heterocycles. The molecule has 0 spiro atoms. The van der Waals surface area contributed by atoms with Gasteiger partial charge in [0.1, 0.15) is 0 Å². The van der Waals surface area contributed by atoms with Gasteiger partial charge in [-0.3, -0.25) is 0 Å². The molecule has 6 heavy (non-hydrogen) atoms. The highest BCUT2D eigenvalue weighted by molar-refractivity contribution is 4.74. The summed E-state index contributed by atoms with van der Waals surface area (Å²) in [5.74, 6) is 1.54. The fourth-order valence-corrected chi connectivity index (χ4v) is 0.500. The number of rotatable bonds is 2. The Balaban J connectivity index is 2.63. The van der Waals surface area contributed by atoms with E-state index in [-0.39, 0.29) is 0 Å². The Kier molecular flexibility index (Phi) is 3.01. The second kappa shape index (κ2) is 3.08. The van der Waals surface area contributed by atoms with Crippen molar-refractivity contribution in [3.05, 3.63) is 5.92 Å². The van der Waals surface area contributed by atoms with Gasteiger partial charge < -0.3 is 0 Å². The molecule has 0 unspecified atom stereocenters. The van der Waals surface area contributed by atoms with E-state index < -0.39 is 0 Å². The third-order valence-corrected chi connectivity index (χ3v) is 0.750. The fourth-order valence-electron chi connectivity index (χ4n) is 0.500. The minimum atomic E-state index is 1.29. The molecule has 0 saturated carbocycles. The van der Waals surface area contributed by atoms with Gasteiger partial charge in [-0.25, -0.2) is 0 Å². The van der Waals surface area contributed by atoms with Crippen LogP contribution >= 0.6 is 0 Å². The van der Waals surface area contributed by atoms with Crippen molar-refractivity contribution in [3.63, 3.8) is 0 Å². The molecule has 0 rings (SSSR count). The Morgan fingerprint density at radius 1 is 1.33 bits per heavy atom. The maximum atomic E-state index is 2.20. The zero-order valence-corrected chi connectivity index (χ0v) is 4.91. The monoisotopic (exact) mass is 85.1 g/mol. The van der Waals surface area contributed by atoms with Crippen LogP contribution in [0.1, 0.15) is 33.6 Å². The lowest BCUT2D eigenvalue weighted by atomic mass is 10.1. The summed E-state index contributed by atoms with van der Waals surface area (Å²) in [5, 5.41) is 0. The number of hydrogen-bond acceptors (Lipinski definition) is 0. The van der Waals surface area contributed by atoms with Crippen molar-refractivity contribution < 1.29 is 0 Å². The molecule has 0 aromatic heterocycles. The van der Waals surface area contributed by atoms with Crippen LogP contribution in [0.5, 0.6) is 0 Å². The summed E-state index contributed by atoms with van der Waals surface area (Å²) in [4.78, 5) is 0. The van der Waals surface area contributed by atoms with E-state index in [0.717, 1.165) is 0 Å². The van der Waals surface area contributed by atoms with Crippen LogP contribution in [0, 0.1) is 5.92 Å². The summed E-state index contributed by atoms with van der Waals surface area (Å²) in [6.07, 6.45) is 2.59. The summed E-state index contributed by atoms with van der Waals surface area (Å²) >= 11 is 0. The molecular weight excluding hydrogens is 72.1 g/mol. The van der Waals surface area contributed by atoms with Crippen molar-refractivity contribution in [1.82, 2.24) is 0 Å². The smallest absolute Gasteiger partial charge is 0.0613 e. The summed E-state index contributed by atoms with van der Waals surface area (Å²) in [7, 11) is 0. The van der Waals surface area contributed by atoms with Crippen LogP contribution in [-0.2, 0) is 0 Å². The third-order valence-electron chi connectivity index (χ3n) is 0.750. The van der Waals surface area contributed by atoms with Gasteiger partial charge in [-0.2, -0.15) is 0 Å². The zero-order valence-electron chi connectivity index (χ0n) is 4.91. The molecule has 0 fully saturated rings. The first-order chi connectivity index (χ1) is 2.77. The molecular formula is C6H13+. The fraction of sp³-hybridized carbons (Fsp3) is 0.833. The lowest BCUT2D eigenvalue weighted by Gasteiger charge is -1.84. The van der Waals surface area contributed by atoms with Crippen molar-refractivity contribution in [2.75, 3.05) is 0 Å². The van der Waals surface area contributed by atoms with Crippen LogP contribution in [0.25, 0.3) is 0 Å². The number of hydrogen-bond donors (Lipinski definition) is 0. The van der Waals surface area contributed by atoms with Gasteiger partial charge in [-0.05, 0) is 6.42 Å².